The standard InChI is InChI=1S/C14H19N7/c1-9-13(10-5-6-10)20-14(18-9)11-3-2-4-12(19-11)16-7-8-17-21-15/h2-4,10H,5-8H2,1H3,(H2,15,17)(H,16,19)(H,18,20). The van der Waals surface area contributed by atoms with Crippen LogP contribution in [0.2, 0.25) is 0 Å². The van der Waals surface area contributed by atoms with Crippen LogP contribution in [0.4, 0.5) is 5.82 Å². The van der Waals surface area contributed by atoms with E-state index in [0.717, 1.165) is 23.0 Å². The second kappa shape index (κ2) is 5.90. The van der Waals surface area contributed by atoms with Crippen LogP contribution in [0.15, 0.2) is 23.4 Å². The van der Waals surface area contributed by atoms with Gasteiger partial charge in [-0.25, -0.2) is 9.97 Å². The van der Waals surface area contributed by atoms with Crippen molar-refractivity contribution in [1.29, 1.82) is 5.53 Å². The molecule has 0 atom stereocenters. The Hall–Kier alpha value is -2.44. The maximum Gasteiger partial charge on any atom is 0.156 e. The Kier molecular flexibility index (Phi) is 3.81. The normalized spacial score (nSPS) is 14.0. The lowest BCUT2D eigenvalue weighted by molar-refractivity contribution is 0.686. The summed E-state index contributed by atoms with van der Waals surface area (Å²) in [6.45, 7) is 3.29. The highest BCUT2D eigenvalue weighted by Crippen LogP contribution is 2.41. The van der Waals surface area contributed by atoms with Crippen LogP contribution < -0.4 is 10.7 Å². The zero-order chi connectivity index (χ0) is 14.7. The molecule has 0 aromatic carbocycles. The first-order chi connectivity index (χ1) is 10.3. The number of nitrogens with one attached hydrogen (secondary N) is 4. The van der Waals surface area contributed by atoms with Gasteiger partial charge in [0.05, 0.1) is 12.2 Å². The molecule has 2 heterocycles. The molecule has 0 saturated heterocycles. The minimum atomic E-state index is 0.584. The summed E-state index contributed by atoms with van der Waals surface area (Å²) in [7, 11) is 0. The molecule has 0 spiro atoms. The van der Waals surface area contributed by atoms with Gasteiger partial charge in [-0.05, 0) is 31.9 Å². The molecule has 21 heavy (non-hydrogen) atoms. The summed E-state index contributed by atoms with van der Waals surface area (Å²) >= 11 is 0. The summed E-state index contributed by atoms with van der Waals surface area (Å²) in [5, 5.41) is 6.28. The van der Waals surface area contributed by atoms with E-state index in [9.17, 15) is 0 Å². The minimum Gasteiger partial charge on any atom is -0.368 e. The van der Waals surface area contributed by atoms with E-state index in [4.69, 9.17) is 5.53 Å². The molecule has 2 aromatic heterocycles. The fourth-order valence-corrected chi connectivity index (χ4v) is 2.33. The first-order valence-electron chi connectivity index (χ1n) is 7.15. The van der Waals surface area contributed by atoms with Gasteiger partial charge in [-0.1, -0.05) is 11.3 Å². The van der Waals surface area contributed by atoms with Crippen LogP contribution in [0.25, 0.3) is 11.5 Å². The van der Waals surface area contributed by atoms with Gasteiger partial charge in [0.1, 0.15) is 11.5 Å². The van der Waals surface area contributed by atoms with Crippen molar-refractivity contribution in [2.45, 2.75) is 25.7 Å². The molecule has 1 saturated carbocycles. The molecule has 3 rings (SSSR count). The average Bonchev–Trinajstić information content (AvgIpc) is 3.27. The lowest BCUT2D eigenvalue weighted by Crippen LogP contribution is -2.17. The molecule has 0 bridgehead atoms. The first-order valence-corrected chi connectivity index (χ1v) is 7.15. The number of H-pyrrole nitrogens is 1. The Labute approximate surface area is 123 Å². The summed E-state index contributed by atoms with van der Waals surface area (Å²) in [5.41, 5.74) is 12.4. The molecule has 110 valence electrons. The number of pyridine rings is 1. The SMILES string of the molecule is Cc1nc(-c2cccc(NCCNN=N)n2)[nH]c1C1CC1. The predicted molar refractivity (Wildman–Crippen MR) is 80.2 cm³/mol. The van der Waals surface area contributed by atoms with E-state index >= 15 is 0 Å². The van der Waals surface area contributed by atoms with Gasteiger partial charge in [-0.2, -0.15) is 5.53 Å². The molecule has 0 unspecified atom stereocenters. The Morgan fingerprint density at radius 2 is 2.19 bits per heavy atom. The molecule has 1 aliphatic carbocycles. The van der Waals surface area contributed by atoms with Crippen LogP contribution in [-0.2, 0) is 0 Å². The van der Waals surface area contributed by atoms with Gasteiger partial charge in [-0.15, -0.1) is 0 Å². The van der Waals surface area contributed by atoms with Crippen LogP contribution in [0.1, 0.15) is 30.1 Å². The number of hydrogen-bond acceptors (Lipinski definition) is 5. The fourth-order valence-electron chi connectivity index (χ4n) is 2.33. The molecule has 1 fully saturated rings. The predicted octanol–water partition coefficient (Wildman–Crippen LogP) is 2.60. The van der Waals surface area contributed by atoms with E-state index in [1.54, 1.807) is 0 Å². The number of hydrogen-bond donors (Lipinski definition) is 4. The third-order valence-electron chi connectivity index (χ3n) is 3.52. The Bertz CT molecular complexity index is 630. The van der Waals surface area contributed by atoms with E-state index in [0.29, 0.717) is 19.0 Å². The smallest absolute Gasteiger partial charge is 0.156 e. The van der Waals surface area contributed by atoms with Crippen LogP contribution in [0, 0.1) is 12.5 Å². The molecule has 7 nitrogen and oxygen atoms in total. The van der Waals surface area contributed by atoms with Gasteiger partial charge in [0, 0.05) is 18.2 Å². The van der Waals surface area contributed by atoms with Crippen LogP contribution >= 0.6 is 0 Å². The molecule has 0 aliphatic heterocycles. The molecule has 0 radical (unpaired) electrons. The number of nitrogens with zero attached hydrogens (tertiary/aromatic N) is 3. The average molecular weight is 285 g/mol. The highest BCUT2D eigenvalue weighted by Gasteiger charge is 2.27. The number of aromatic amines is 1. The van der Waals surface area contributed by atoms with E-state index in [-0.39, 0.29) is 0 Å². The zero-order valence-electron chi connectivity index (χ0n) is 12.0. The lowest BCUT2D eigenvalue weighted by atomic mass is 10.2. The molecule has 0 amide bonds. The van der Waals surface area contributed by atoms with E-state index in [1.165, 1.54) is 18.5 Å². The molecular formula is C14H19N7. The summed E-state index contributed by atoms with van der Waals surface area (Å²) < 4.78 is 0. The van der Waals surface area contributed by atoms with E-state index in [2.05, 4.69) is 30.9 Å². The van der Waals surface area contributed by atoms with Gasteiger partial charge in [0.2, 0.25) is 0 Å². The molecule has 2 aromatic rings. The Morgan fingerprint density at radius 3 is 2.95 bits per heavy atom. The van der Waals surface area contributed by atoms with Crippen molar-refractivity contribution in [2.75, 3.05) is 18.4 Å². The molecular weight excluding hydrogens is 266 g/mol. The number of rotatable bonds is 7. The summed E-state index contributed by atoms with van der Waals surface area (Å²) in [6.07, 6.45) is 2.51. The summed E-state index contributed by atoms with van der Waals surface area (Å²) in [4.78, 5) is 12.6. The largest absolute Gasteiger partial charge is 0.368 e. The van der Waals surface area contributed by atoms with Gasteiger partial charge >= 0.3 is 0 Å². The zero-order valence-corrected chi connectivity index (χ0v) is 12.0. The van der Waals surface area contributed by atoms with Crippen molar-refractivity contribution < 1.29 is 0 Å². The molecule has 7 heteroatoms. The third kappa shape index (κ3) is 3.18. The maximum atomic E-state index is 6.65. The van der Waals surface area contributed by atoms with E-state index < -0.39 is 0 Å². The van der Waals surface area contributed by atoms with E-state index in [1.807, 2.05) is 25.1 Å². The van der Waals surface area contributed by atoms with Crippen LogP contribution in [0.5, 0.6) is 0 Å². The second-order valence-corrected chi connectivity index (χ2v) is 5.21. The number of imidazole rings is 1. The highest BCUT2D eigenvalue weighted by atomic mass is 15.4. The van der Waals surface area contributed by atoms with Crippen molar-refractivity contribution in [1.82, 2.24) is 20.4 Å². The topological polar surface area (TPSA) is 102 Å². The lowest BCUT2D eigenvalue weighted by Gasteiger charge is -2.05. The number of anilines is 1. The maximum absolute atomic E-state index is 6.65. The first kappa shape index (κ1) is 13.5. The monoisotopic (exact) mass is 285 g/mol. The van der Waals surface area contributed by atoms with Gasteiger partial charge in [-0.3, -0.25) is 5.43 Å². The van der Waals surface area contributed by atoms with Crippen LogP contribution in [-0.4, -0.2) is 28.0 Å². The number of aryl methyl sites for hydroxylation is 1. The van der Waals surface area contributed by atoms with Crippen molar-refractivity contribution >= 4 is 5.82 Å². The van der Waals surface area contributed by atoms with Crippen molar-refractivity contribution in [3.63, 3.8) is 0 Å². The highest BCUT2D eigenvalue weighted by molar-refractivity contribution is 5.54. The minimum absolute atomic E-state index is 0.584. The van der Waals surface area contributed by atoms with Crippen molar-refractivity contribution in [3.05, 3.63) is 29.6 Å². The second-order valence-electron chi connectivity index (χ2n) is 5.21. The van der Waals surface area contributed by atoms with Gasteiger partial charge < -0.3 is 10.3 Å². The van der Waals surface area contributed by atoms with Gasteiger partial charge in [0.25, 0.3) is 0 Å². The van der Waals surface area contributed by atoms with Crippen molar-refractivity contribution in [2.24, 2.45) is 5.22 Å². The van der Waals surface area contributed by atoms with Crippen LogP contribution in [0.3, 0.4) is 0 Å². The summed E-state index contributed by atoms with van der Waals surface area (Å²) in [6, 6.07) is 5.83. The van der Waals surface area contributed by atoms with Gasteiger partial charge in [0.15, 0.2) is 5.82 Å². The summed E-state index contributed by atoms with van der Waals surface area (Å²) in [5.74, 6) is 2.28. The quantitative estimate of drug-likeness (QED) is 0.357. The fraction of sp³-hybridized carbons (Fsp3) is 0.429. The third-order valence-corrected chi connectivity index (χ3v) is 3.52. The Balaban J connectivity index is 1.72. The number of aromatic nitrogens is 3. The molecule has 1 aliphatic rings. The van der Waals surface area contributed by atoms with Crippen molar-refractivity contribution in [3.8, 4) is 11.5 Å². The molecule has 4 N–H and O–H groups in total. The Morgan fingerprint density at radius 1 is 1.33 bits per heavy atom.